The summed E-state index contributed by atoms with van der Waals surface area (Å²) in [6.07, 6.45) is 4.43. The van der Waals surface area contributed by atoms with Crippen molar-refractivity contribution in [2.75, 3.05) is 13.7 Å². The van der Waals surface area contributed by atoms with Crippen LogP contribution in [0.25, 0.3) is 0 Å². The third-order valence-electron chi connectivity index (χ3n) is 2.27. The van der Waals surface area contributed by atoms with Gasteiger partial charge in [-0.25, -0.2) is 4.79 Å². The van der Waals surface area contributed by atoms with Gasteiger partial charge in [-0.2, -0.15) is 0 Å². The third-order valence-corrected chi connectivity index (χ3v) is 2.27. The highest BCUT2D eigenvalue weighted by atomic mass is 16.5. The van der Waals surface area contributed by atoms with E-state index in [2.05, 4.69) is 15.0 Å². The molecule has 0 saturated carbocycles. The van der Waals surface area contributed by atoms with Crippen LogP contribution in [0.2, 0.25) is 0 Å². The van der Waals surface area contributed by atoms with Crippen molar-refractivity contribution >= 4 is 11.9 Å². The van der Waals surface area contributed by atoms with Gasteiger partial charge >= 0.3 is 5.97 Å². The van der Waals surface area contributed by atoms with Gasteiger partial charge in [-0.1, -0.05) is 12.1 Å². The first-order valence-electron chi connectivity index (χ1n) is 5.50. The normalized spacial score (nSPS) is 10.4. The lowest BCUT2D eigenvalue weighted by molar-refractivity contribution is -0.134. The molecule has 1 aromatic heterocycles. The molecule has 5 nitrogen and oxygen atoms in total. The molecule has 0 unspecified atom stereocenters. The lowest BCUT2D eigenvalue weighted by Crippen LogP contribution is -2.25. The van der Waals surface area contributed by atoms with Crippen LogP contribution in [0, 0.1) is 13.8 Å². The zero-order valence-corrected chi connectivity index (χ0v) is 10.7. The number of aromatic nitrogens is 1. The number of hydrogen-bond acceptors (Lipinski definition) is 4. The van der Waals surface area contributed by atoms with Crippen molar-refractivity contribution in [1.29, 1.82) is 0 Å². The fraction of sp³-hybridized carbons (Fsp3) is 0.308. The number of carbonyl (C=O) groups is 2. The molecule has 5 heteroatoms. The predicted molar refractivity (Wildman–Crippen MR) is 67.2 cm³/mol. The Morgan fingerprint density at radius 3 is 2.78 bits per heavy atom. The lowest BCUT2D eigenvalue weighted by atomic mass is 10.1. The molecular weight excluding hydrogens is 232 g/mol. The van der Waals surface area contributed by atoms with E-state index in [1.54, 1.807) is 6.20 Å². The van der Waals surface area contributed by atoms with E-state index in [0.717, 1.165) is 11.1 Å². The van der Waals surface area contributed by atoms with E-state index >= 15 is 0 Å². The molecule has 1 rings (SSSR count). The van der Waals surface area contributed by atoms with Crippen LogP contribution >= 0.6 is 0 Å². The molecule has 1 amide bonds. The lowest BCUT2D eigenvalue weighted by Gasteiger charge is -2.05. The van der Waals surface area contributed by atoms with Gasteiger partial charge in [0, 0.05) is 18.8 Å². The number of nitrogens with one attached hydrogen (secondary N) is 1. The number of pyridine rings is 1. The van der Waals surface area contributed by atoms with E-state index in [1.807, 2.05) is 19.9 Å². The molecule has 0 aliphatic carbocycles. The van der Waals surface area contributed by atoms with E-state index in [0.29, 0.717) is 5.69 Å². The van der Waals surface area contributed by atoms with E-state index < -0.39 is 5.97 Å². The minimum atomic E-state index is -0.450. The minimum absolute atomic E-state index is 0.253. The monoisotopic (exact) mass is 248 g/mol. The molecule has 1 N–H and O–H groups in total. The fourth-order valence-electron chi connectivity index (χ4n) is 1.41. The summed E-state index contributed by atoms with van der Waals surface area (Å²) in [7, 11) is 1.30. The quantitative estimate of drug-likeness (QED) is 0.641. The number of aryl methyl sites for hydroxylation is 2. The number of amides is 1. The highest BCUT2D eigenvalue weighted by Crippen LogP contribution is 2.06. The second kappa shape index (κ2) is 6.54. The number of rotatable bonds is 4. The first-order valence-corrected chi connectivity index (χ1v) is 5.50. The number of hydrogen-bond donors (Lipinski definition) is 1. The van der Waals surface area contributed by atoms with Crippen LogP contribution in [0.1, 0.15) is 21.6 Å². The molecule has 18 heavy (non-hydrogen) atoms. The highest BCUT2D eigenvalue weighted by Gasteiger charge is 2.09. The summed E-state index contributed by atoms with van der Waals surface area (Å²) in [5.74, 6) is -0.712. The van der Waals surface area contributed by atoms with Crippen molar-refractivity contribution in [1.82, 2.24) is 10.3 Å². The minimum Gasteiger partial charge on any atom is -0.466 e. The van der Waals surface area contributed by atoms with E-state index in [-0.39, 0.29) is 12.5 Å². The summed E-state index contributed by atoms with van der Waals surface area (Å²) in [4.78, 5) is 26.6. The molecule has 0 aromatic carbocycles. The number of carbonyl (C=O) groups excluding carboxylic acids is 2. The number of nitrogens with zero attached hydrogens (tertiary/aromatic N) is 1. The molecule has 0 aliphatic rings. The van der Waals surface area contributed by atoms with Crippen molar-refractivity contribution < 1.29 is 14.3 Å². The molecule has 0 bridgehead atoms. The van der Waals surface area contributed by atoms with E-state index in [4.69, 9.17) is 0 Å². The van der Waals surface area contributed by atoms with Crippen LogP contribution in [0.3, 0.4) is 0 Å². The Hall–Kier alpha value is -2.17. The summed E-state index contributed by atoms with van der Waals surface area (Å²) in [5, 5.41) is 2.64. The van der Waals surface area contributed by atoms with E-state index in [9.17, 15) is 9.59 Å². The van der Waals surface area contributed by atoms with Crippen molar-refractivity contribution in [3.63, 3.8) is 0 Å². The highest BCUT2D eigenvalue weighted by molar-refractivity contribution is 5.93. The van der Waals surface area contributed by atoms with Gasteiger partial charge in [-0.15, -0.1) is 0 Å². The summed E-state index contributed by atoms with van der Waals surface area (Å²) < 4.78 is 4.42. The average Bonchev–Trinajstić information content (AvgIpc) is 2.34. The van der Waals surface area contributed by atoms with Crippen molar-refractivity contribution in [3.05, 3.63) is 41.2 Å². The summed E-state index contributed by atoms with van der Waals surface area (Å²) in [6.45, 7) is 4.00. The van der Waals surface area contributed by atoms with Crippen LogP contribution in [0.15, 0.2) is 24.4 Å². The summed E-state index contributed by atoms with van der Waals surface area (Å²) >= 11 is 0. The average molecular weight is 248 g/mol. The molecule has 0 saturated heterocycles. The van der Waals surface area contributed by atoms with Gasteiger partial charge in [0.25, 0.3) is 5.91 Å². The topological polar surface area (TPSA) is 68.3 Å². The predicted octanol–water partition coefficient (Wildman–Crippen LogP) is 1.16. The van der Waals surface area contributed by atoms with Crippen molar-refractivity contribution in [2.24, 2.45) is 0 Å². The molecule has 0 spiro atoms. The van der Waals surface area contributed by atoms with Crippen LogP contribution < -0.4 is 5.32 Å². The Balaban J connectivity index is 2.56. The molecule has 96 valence electrons. The number of methoxy groups -OCH3 is 1. The Morgan fingerprint density at radius 1 is 1.44 bits per heavy atom. The molecule has 0 atom stereocenters. The van der Waals surface area contributed by atoms with Crippen LogP contribution in [-0.2, 0) is 9.53 Å². The zero-order valence-electron chi connectivity index (χ0n) is 10.7. The standard InChI is InChI=1S/C13H16N2O3/c1-9-7-10(2)12(15-8-9)13(17)14-6-4-5-11(16)18-3/h4-5,7-8H,6H2,1-3H3,(H,14,17)/b5-4+. The van der Waals surface area contributed by atoms with Gasteiger partial charge < -0.3 is 10.1 Å². The van der Waals surface area contributed by atoms with Gasteiger partial charge in [-0.3, -0.25) is 9.78 Å². The first-order chi connectivity index (χ1) is 8.54. The Morgan fingerprint density at radius 2 is 2.17 bits per heavy atom. The van der Waals surface area contributed by atoms with Crippen LogP contribution in [0.5, 0.6) is 0 Å². The van der Waals surface area contributed by atoms with Gasteiger partial charge in [-0.05, 0) is 25.0 Å². The van der Waals surface area contributed by atoms with Crippen molar-refractivity contribution in [2.45, 2.75) is 13.8 Å². The molecular formula is C13H16N2O3. The molecule has 1 heterocycles. The van der Waals surface area contributed by atoms with E-state index in [1.165, 1.54) is 19.3 Å². The second-order valence-electron chi connectivity index (χ2n) is 3.81. The van der Waals surface area contributed by atoms with Crippen LogP contribution in [0.4, 0.5) is 0 Å². The molecule has 0 radical (unpaired) electrons. The van der Waals surface area contributed by atoms with Crippen molar-refractivity contribution in [3.8, 4) is 0 Å². The summed E-state index contributed by atoms with van der Waals surface area (Å²) in [6, 6.07) is 1.90. The fourth-order valence-corrected chi connectivity index (χ4v) is 1.41. The number of esters is 1. The van der Waals surface area contributed by atoms with Gasteiger partial charge in [0.1, 0.15) is 5.69 Å². The molecule has 0 aliphatic heterocycles. The van der Waals surface area contributed by atoms with Gasteiger partial charge in [0.05, 0.1) is 7.11 Å². The maximum Gasteiger partial charge on any atom is 0.330 e. The molecule has 1 aromatic rings. The maximum absolute atomic E-state index is 11.8. The van der Waals surface area contributed by atoms with Gasteiger partial charge in [0.2, 0.25) is 0 Å². The largest absolute Gasteiger partial charge is 0.466 e. The number of ether oxygens (including phenoxy) is 1. The Bertz CT molecular complexity index is 481. The maximum atomic E-state index is 11.8. The first kappa shape index (κ1) is 13.9. The van der Waals surface area contributed by atoms with Gasteiger partial charge in [0.15, 0.2) is 0 Å². The Labute approximate surface area is 106 Å². The third kappa shape index (κ3) is 4.01. The SMILES string of the molecule is COC(=O)/C=C/CNC(=O)c1ncc(C)cc1C. The second-order valence-corrected chi connectivity index (χ2v) is 3.81. The molecule has 0 fully saturated rings. The smallest absolute Gasteiger partial charge is 0.330 e. The Kier molecular flexibility index (Phi) is 5.05. The summed E-state index contributed by atoms with van der Waals surface area (Å²) in [5.41, 5.74) is 2.23. The zero-order chi connectivity index (χ0) is 13.5. The van der Waals surface area contributed by atoms with Crippen LogP contribution in [-0.4, -0.2) is 30.5 Å².